The van der Waals surface area contributed by atoms with Crippen LogP contribution in [0.25, 0.3) is 0 Å². The summed E-state index contributed by atoms with van der Waals surface area (Å²) in [4.78, 5) is 10.7. The summed E-state index contributed by atoms with van der Waals surface area (Å²) >= 11 is 0. The Morgan fingerprint density at radius 2 is 1.65 bits per heavy atom. The topological polar surface area (TPSA) is 17.1 Å². The van der Waals surface area contributed by atoms with Crippen molar-refractivity contribution in [2.24, 2.45) is 11.8 Å². The highest BCUT2D eigenvalue weighted by molar-refractivity contribution is 5.74. The van der Waals surface area contributed by atoms with E-state index >= 15 is 0 Å². The van der Waals surface area contributed by atoms with Crippen molar-refractivity contribution in [2.75, 3.05) is 0 Å². The molecular weight excluding hydrogens is 208 g/mol. The maximum absolute atomic E-state index is 10.7. The Hall–Kier alpha value is -1.11. The van der Waals surface area contributed by atoms with Crippen LogP contribution in [0, 0.1) is 11.8 Å². The van der Waals surface area contributed by atoms with Crippen molar-refractivity contribution < 1.29 is 4.79 Å². The third kappa shape index (κ3) is 2.03. The van der Waals surface area contributed by atoms with E-state index in [1.54, 1.807) is 0 Å². The van der Waals surface area contributed by atoms with Crippen LogP contribution in [-0.4, -0.2) is 6.29 Å². The second-order valence-corrected chi connectivity index (χ2v) is 5.68. The van der Waals surface area contributed by atoms with E-state index in [1.807, 2.05) is 12.1 Å². The number of benzene rings is 1. The Balaban J connectivity index is 1.83. The van der Waals surface area contributed by atoms with Crippen molar-refractivity contribution in [3.63, 3.8) is 0 Å². The first-order chi connectivity index (χ1) is 8.38. The molecule has 1 heteroatoms. The van der Waals surface area contributed by atoms with Crippen LogP contribution in [0.4, 0.5) is 0 Å². The molecule has 0 N–H and O–H groups in total. The molecule has 0 aliphatic heterocycles. The molecule has 0 unspecified atom stereocenters. The number of fused-ring (bicyclic) bond motifs is 1. The third-order valence-electron chi connectivity index (χ3n) is 4.83. The average Bonchev–Trinajstić information content (AvgIpc) is 2.87. The number of rotatable bonds is 2. The second-order valence-electron chi connectivity index (χ2n) is 5.68. The molecule has 2 aliphatic rings. The van der Waals surface area contributed by atoms with Crippen LogP contribution in [0.15, 0.2) is 24.3 Å². The molecule has 3 rings (SSSR count). The van der Waals surface area contributed by atoms with Crippen LogP contribution in [-0.2, 0) is 0 Å². The first-order valence-electron chi connectivity index (χ1n) is 6.93. The Bertz CT molecular complexity index is 392. The van der Waals surface area contributed by atoms with Crippen molar-refractivity contribution in [1.29, 1.82) is 0 Å². The van der Waals surface area contributed by atoms with Crippen LogP contribution in [0.1, 0.15) is 60.4 Å². The van der Waals surface area contributed by atoms with Crippen molar-refractivity contribution in [3.8, 4) is 0 Å². The average molecular weight is 228 g/mol. The van der Waals surface area contributed by atoms with Gasteiger partial charge in [0.15, 0.2) is 0 Å². The molecule has 0 heterocycles. The van der Waals surface area contributed by atoms with Crippen LogP contribution < -0.4 is 0 Å². The van der Waals surface area contributed by atoms with Gasteiger partial charge in [-0.15, -0.1) is 0 Å². The zero-order chi connectivity index (χ0) is 11.7. The van der Waals surface area contributed by atoms with Gasteiger partial charge in [-0.3, -0.25) is 4.79 Å². The number of hydrogen-bond donors (Lipinski definition) is 0. The van der Waals surface area contributed by atoms with E-state index < -0.39 is 0 Å². The minimum Gasteiger partial charge on any atom is -0.298 e. The van der Waals surface area contributed by atoms with Crippen LogP contribution in [0.5, 0.6) is 0 Å². The van der Waals surface area contributed by atoms with Crippen molar-refractivity contribution in [3.05, 3.63) is 35.4 Å². The fourth-order valence-corrected chi connectivity index (χ4v) is 4.00. The smallest absolute Gasteiger partial charge is 0.150 e. The maximum atomic E-state index is 10.7. The Morgan fingerprint density at radius 1 is 0.941 bits per heavy atom. The van der Waals surface area contributed by atoms with Crippen LogP contribution in [0.3, 0.4) is 0 Å². The molecule has 0 bridgehead atoms. The highest BCUT2D eigenvalue weighted by Crippen LogP contribution is 2.49. The fourth-order valence-electron chi connectivity index (χ4n) is 4.00. The predicted octanol–water partition coefficient (Wildman–Crippen LogP) is 4.18. The lowest BCUT2D eigenvalue weighted by Crippen LogP contribution is -2.22. The third-order valence-corrected chi connectivity index (χ3v) is 4.83. The summed E-state index contributed by atoms with van der Waals surface area (Å²) < 4.78 is 0. The molecule has 1 aromatic carbocycles. The van der Waals surface area contributed by atoms with Gasteiger partial charge in [-0.1, -0.05) is 49.9 Å². The molecule has 0 spiro atoms. The van der Waals surface area contributed by atoms with Crippen molar-refractivity contribution in [2.45, 2.75) is 44.4 Å². The van der Waals surface area contributed by atoms with E-state index in [2.05, 4.69) is 12.1 Å². The van der Waals surface area contributed by atoms with Gasteiger partial charge in [-0.25, -0.2) is 0 Å². The molecule has 2 fully saturated rings. The van der Waals surface area contributed by atoms with Gasteiger partial charge in [-0.2, -0.15) is 0 Å². The summed E-state index contributed by atoms with van der Waals surface area (Å²) in [6, 6.07) is 8.30. The van der Waals surface area contributed by atoms with Gasteiger partial charge in [0, 0.05) is 5.56 Å². The van der Waals surface area contributed by atoms with Crippen LogP contribution >= 0.6 is 0 Å². The monoisotopic (exact) mass is 228 g/mol. The zero-order valence-corrected chi connectivity index (χ0v) is 10.3. The van der Waals surface area contributed by atoms with Gasteiger partial charge >= 0.3 is 0 Å². The Kier molecular flexibility index (Phi) is 3.00. The van der Waals surface area contributed by atoms with Crippen LogP contribution in [0.2, 0.25) is 0 Å². The van der Waals surface area contributed by atoms with Crippen molar-refractivity contribution in [1.82, 2.24) is 0 Å². The molecule has 1 aromatic rings. The molecular formula is C16H20O. The first-order valence-corrected chi connectivity index (χ1v) is 6.93. The fraction of sp³-hybridized carbons (Fsp3) is 0.562. The van der Waals surface area contributed by atoms with E-state index in [1.165, 1.54) is 44.1 Å². The highest BCUT2D eigenvalue weighted by atomic mass is 16.1. The minimum absolute atomic E-state index is 0.761. The highest BCUT2D eigenvalue weighted by Gasteiger charge is 2.36. The predicted molar refractivity (Wildman–Crippen MR) is 69.3 cm³/mol. The van der Waals surface area contributed by atoms with Crippen molar-refractivity contribution >= 4 is 6.29 Å². The van der Waals surface area contributed by atoms with Gasteiger partial charge in [0.1, 0.15) is 6.29 Å². The van der Waals surface area contributed by atoms with E-state index in [-0.39, 0.29) is 0 Å². The van der Waals surface area contributed by atoms with Gasteiger partial charge in [-0.05, 0) is 36.2 Å². The normalized spacial score (nSPS) is 32.1. The van der Waals surface area contributed by atoms with E-state index in [0.29, 0.717) is 0 Å². The lowest BCUT2D eigenvalue weighted by atomic mass is 9.71. The zero-order valence-electron chi connectivity index (χ0n) is 10.3. The van der Waals surface area contributed by atoms with Gasteiger partial charge in [0.2, 0.25) is 0 Å². The van der Waals surface area contributed by atoms with E-state index in [0.717, 1.165) is 29.6 Å². The van der Waals surface area contributed by atoms with Gasteiger partial charge in [0.05, 0.1) is 0 Å². The molecule has 0 aromatic heterocycles. The number of aldehydes is 1. The summed E-state index contributed by atoms with van der Waals surface area (Å²) in [7, 11) is 0. The van der Waals surface area contributed by atoms with E-state index in [4.69, 9.17) is 0 Å². The summed E-state index contributed by atoms with van der Waals surface area (Å²) in [6.07, 6.45) is 9.43. The standard InChI is InChI=1S/C16H20O/c17-11-12-7-9-14(10-8-12)16-6-2-4-13-3-1-5-15(13)16/h7-11,13,15-16H,1-6H2/t13-,15+,16-/m1/s1. The molecule has 2 aliphatic carbocycles. The Morgan fingerprint density at radius 3 is 2.35 bits per heavy atom. The number of carbonyl (C=O) groups excluding carboxylic acids is 1. The summed E-state index contributed by atoms with van der Waals surface area (Å²) in [5.74, 6) is 2.67. The molecule has 3 atom stereocenters. The molecule has 0 amide bonds. The molecule has 0 saturated heterocycles. The lowest BCUT2D eigenvalue weighted by molar-refractivity contribution is 0.112. The maximum Gasteiger partial charge on any atom is 0.150 e. The van der Waals surface area contributed by atoms with Gasteiger partial charge < -0.3 is 0 Å². The van der Waals surface area contributed by atoms with E-state index in [9.17, 15) is 4.79 Å². The lowest BCUT2D eigenvalue weighted by Gasteiger charge is -2.34. The molecule has 90 valence electrons. The largest absolute Gasteiger partial charge is 0.298 e. The SMILES string of the molecule is O=Cc1ccc([C@H]2CCC[C@H]3CCC[C@@H]32)cc1. The number of carbonyl (C=O) groups is 1. The number of hydrogen-bond acceptors (Lipinski definition) is 1. The summed E-state index contributed by atoms with van der Waals surface area (Å²) in [5, 5.41) is 0. The minimum atomic E-state index is 0.761. The molecule has 17 heavy (non-hydrogen) atoms. The summed E-state index contributed by atoms with van der Waals surface area (Å²) in [5.41, 5.74) is 2.26. The second kappa shape index (κ2) is 4.64. The Labute approximate surface area is 103 Å². The quantitative estimate of drug-likeness (QED) is 0.694. The molecule has 2 saturated carbocycles. The molecule has 0 radical (unpaired) electrons. The van der Waals surface area contributed by atoms with Gasteiger partial charge in [0.25, 0.3) is 0 Å². The first kappa shape index (κ1) is 11.0. The molecule has 1 nitrogen and oxygen atoms in total. The summed E-state index contributed by atoms with van der Waals surface area (Å²) in [6.45, 7) is 0.